The van der Waals surface area contributed by atoms with Crippen molar-refractivity contribution in [2.45, 2.75) is 25.5 Å². The van der Waals surface area contributed by atoms with Gasteiger partial charge in [0.15, 0.2) is 0 Å². The highest BCUT2D eigenvalue weighted by Gasteiger charge is 2.36. The first kappa shape index (κ1) is 14.3. The van der Waals surface area contributed by atoms with Gasteiger partial charge < -0.3 is 10.0 Å². The number of hydrogen-bond acceptors (Lipinski definition) is 2. The molecule has 2 atom stereocenters. The Morgan fingerprint density at radius 3 is 2.52 bits per heavy atom. The maximum absolute atomic E-state index is 10.6. The summed E-state index contributed by atoms with van der Waals surface area (Å²) in [5, 5.41) is 10.6. The van der Waals surface area contributed by atoms with Gasteiger partial charge in [0.05, 0.1) is 12.1 Å². The fourth-order valence-corrected chi connectivity index (χ4v) is 3.76. The van der Waals surface area contributed by atoms with Gasteiger partial charge in [0.2, 0.25) is 0 Å². The van der Waals surface area contributed by atoms with Gasteiger partial charge in [-0.25, -0.2) is 0 Å². The molecule has 0 saturated carbocycles. The molecule has 23 heavy (non-hydrogen) atoms. The zero-order chi connectivity index (χ0) is 15.8. The van der Waals surface area contributed by atoms with E-state index in [9.17, 15) is 5.11 Å². The highest BCUT2D eigenvalue weighted by atomic mass is 16.3. The monoisotopic (exact) mass is 303 g/mol. The van der Waals surface area contributed by atoms with Crippen molar-refractivity contribution in [2.24, 2.45) is 0 Å². The van der Waals surface area contributed by atoms with Gasteiger partial charge in [0.1, 0.15) is 0 Å². The predicted octanol–water partition coefficient (Wildman–Crippen LogP) is 3.95. The summed E-state index contributed by atoms with van der Waals surface area (Å²) in [4.78, 5) is 2.35. The van der Waals surface area contributed by atoms with E-state index in [-0.39, 0.29) is 12.1 Å². The Labute approximate surface area is 137 Å². The maximum Gasteiger partial charge on any atom is 0.0825 e. The Balaban J connectivity index is 1.68. The van der Waals surface area contributed by atoms with Crippen molar-refractivity contribution in [3.63, 3.8) is 0 Å². The van der Waals surface area contributed by atoms with Crippen LogP contribution in [-0.2, 0) is 6.42 Å². The molecule has 0 fully saturated rings. The largest absolute Gasteiger partial charge is 0.390 e. The van der Waals surface area contributed by atoms with Crippen LogP contribution >= 0.6 is 0 Å². The van der Waals surface area contributed by atoms with Crippen LogP contribution in [-0.4, -0.2) is 22.7 Å². The molecule has 1 aliphatic heterocycles. The first-order chi connectivity index (χ1) is 11.2. The maximum atomic E-state index is 10.6. The molecule has 0 aromatic heterocycles. The van der Waals surface area contributed by atoms with E-state index < -0.39 is 0 Å². The second-order valence-corrected chi connectivity index (χ2v) is 6.41. The highest BCUT2D eigenvalue weighted by molar-refractivity contribution is 5.70. The molecule has 1 N–H and O–H groups in total. The number of benzene rings is 2. The summed E-state index contributed by atoms with van der Waals surface area (Å²) in [5.41, 5.74) is 6.30. The Bertz CT molecular complexity index is 775. The summed E-state index contributed by atoms with van der Waals surface area (Å²) in [5.74, 6) is 0. The first-order valence-corrected chi connectivity index (χ1v) is 8.19. The molecule has 0 spiro atoms. The third-order valence-electron chi connectivity index (χ3n) is 4.97. The van der Waals surface area contributed by atoms with Crippen molar-refractivity contribution in [1.82, 2.24) is 4.90 Å². The molecule has 116 valence electrons. The summed E-state index contributed by atoms with van der Waals surface area (Å²) in [6, 6.07) is 19.0. The van der Waals surface area contributed by atoms with Crippen LogP contribution in [0, 0.1) is 0 Å². The minimum atomic E-state index is -0.342. The molecule has 2 nitrogen and oxygen atoms in total. The zero-order valence-electron chi connectivity index (χ0n) is 13.3. The molecule has 0 unspecified atom stereocenters. The van der Waals surface area contributed by atoms with Crippen LogP contribution in [0.2, 0.25) is 0 Å². The van der Waals surface area contributed by atoms with Crippen molar-refractivity contribution in [2.75, 3.05) is 6.54 Å². The molecule has 0 saturated heterocycles. The fourth-order valence-electron chi connectivity index (χ4n) is 3.76. The lowest BCUT2D eigenvalue weighted by Gasteiger charge is -2.37. The van der Waals surface area contributed by atoms with E-state index >= 15 is 0 Å². The van der Waals surface area contributed by atoms with Crippen LogP contribution in [0.3, 0.4) is 0 Å². The van der Waals surface area contributed by atoms with Gasteiger partial charge in [-0.2, -0.15) is 0 Å². The molecule has 2 aromatic rings. The van der Waals surface area contributed by atoms with Crippen LogP contribution in [0.5, 0.6) is 0 Å². The average molecular weight is 303 g/mol. The first-order valence-electron chi connectivity index (χ1n) is 8.19. The Morgan fingerprint density at radius 1 is 0.957 bits per heavy atom. The van der Waals surface area contributed by atoms with E-state index in [1.807, 2.05) is 6.07 Å². The van der Waals surface area contributed by atoms with E-state index in [0.717, 1.165) is 13.0 Å². The van der Waals surface area contributed by atoms with Gasteiger partial charge in [-0.05, 0) is 35.3 Å². The van der Waals surface area contributed by atoms with Gasteiger partial charge in [-0.3, -0.25) is 0 Å². The van der Waals surface area contributed by atoms with Gasteiger partial charge >= 0.3 is 0 Å². The van der Waals surface area contributed by atoms with Crippen LogP contribution in [0.1, 0.15) is 29.7 Å². The topological polar surface area (TPSA) is 23.5 Å². The molecule has 4 rings (SSSR count). The minimum absolute atomic E-state index is 0.0508. The molecule has 0 amide bonds. The van der Waals surface area contributed by atoms with Crippen LogP contribution in [0.15, 0.2) is 72.4 Å². The number of nitrogens with zero attached hydrogens (tertiary/aromatic N) is 1. The Morgan fingerprint density at radius 2 is 1.70 bits per heavy atom. The molecular weight excluding hydrogens is 282 g/mol. The molecular formula is C21H21NO. The van der Waals surface area contributed by atoms with E-state index in [1.54, 1.807) is 0 Å². The van der Waals surface area contributed by atoms with Gasteiger partial charge in [-0.15, -0.1) is 0 Å². The quantitative estimate of drug-likeness (QED) is 0.908. The van der Waals surface area contributed by atoms with Crippen molar-refractivity contribution < 1.29 is 5.11 Å². The second kappa shape index (κ2) is 5.71. The minimum Gasteiger partial charge on any atom is -0.390 e. The van der Waals surface area contributed by atoms with Gasteiger partial charge in [0.25, 0.3) is 0 Å². The summed E-state index contributed by atoms with van der Waals surface area (Å²) >= 11 is 0. The summed E-state index contributed by atoms with van der Waals surface area (Å²) in [6.07, 6.45) is 4.77. The standard InChI is InChI=1S/C21H21NO/c1-15-11-12-18(16-7-3-2-4-8-16)14-22(15)21-19-10-6-5-9-17(19)13-20(21)23/h2-12,20-21,23H,13-14H2,1H3/t20-,21+/m1/s1. The van der Waals surface area contributed by atoms with Crippen molar-refractivity contribution in [3.8, 4) is 0 Å². The molecule has 0 radical (unpaired) electrons. The summed E-state index contributed by atoms with van der Waals surface area (Å²) in [7, 11) is 0. The van der Waals surface area contributed by atoms with Crippen molar-refractivity contribution in [1.29, 1.82) is 0 Å². The van der Waals surface area contributed by atoms with Crippen LogP contribution in [0.4, 0.5) is 0 Å². The smallest absolute Gasteiger partial charge is 0.0825 e. The SMILES string of the molecule is CC1=CC=C(c2ccccc2)CN1[C@H]1c2ccccc2C[C@H]1O. The van der Waals surface area contributed by atoms with E-state index in [0.29, 0.717) is 0 Å². The van der Waals surface area contributed by atoms with Crippen LogP contribution in [0.25, 0.3) is 5.57 Å². The zero-order valence-corrected chi connectivity index (χ0v) is 13.3. The lowest BCUT2D eigenvalue weighted by molar-refractivity contribution is 0.0870. The third kappa shape index (κ3) is 2.49. The number of aliphatic hydroxyl groups excluding tert-OH is 1. The number of aliphatic hydroxyl groups is 1. The predicted molar refractivity (Wildman–Crippen MR) is 93.8 cm³/mol. The Hall–Kier alpha value is -2.32. The number of fused-ring (bicyclic) bond motifs is 1. The molecule has 1 aliphatic carbocycles. The third-order valence-corrected chi connectivity index (χ3v) is 4.97. The van der Waals surface area contributed by atoms with Gasteiger partial charge in [0, 0.05) is 18.7 Å². The molecule has 1 heterocycles. The van der Waals surface area contributed by atoms with Crippen LogP contribution < -0.4 is 0 Å². The number of allylic oxidation sites excluding steroid dienone is 3. The van der Waals surface area contributed by atoms with E-state index in [2.05, 4.69) is 72.5 Å². The number of hydrogen-bond donors (Lipinski definition) is 1. The highest BCUT2D eigenvalue weighted by Crippen LogP contribution is 2.40. The van der Waals surface area contributed by atoms with E-state index in [4.69, 9.17) is 0 Å². The fraction of sp³-hybridized carbons (Fsp3) is 0.238. The Kier molecular flexibility index (Phi) is 3.55. The lowest BCUT2D eigenvalue weighted by Crippen LogP contribution is -2.35. The normalized spacial score (nSPS) is 23.3. The molecule has 2 aromatic carbocycles. The van der Waals surface area contributed by atoms with Crippen molar-refractivity contribution in [3.05, 3.63) is 89.1 Å². The lowest BCUT2D eigenvalue weighted by atomic mass is 9.98. The van der Waals surface area contributed by atoms with Gasteiger partial charge in [-0.1, -0.05) is 60.7 Å². The summed E-state index contributed by atoms with van der Waals surface area (Å²) in [6.45, 7) is 2.97. The number of rotatable bonds is 2. The summed E-state index contributed by atoms with van der Waals surface area (Å²) < 4.78 is 0. The molecule has 0 bridgehead atoms. The van der Waals surface area contributed by atoms with E-state index in [1.165, 1.54) is 28.0 Å². The molecule has 2 heteroatoms. The second-order valence-electron chi connectivity index (χ2n) is 6.41. The molecule has 2 aliphatic rings. The van der Waals surface area contributed by atoms with Crippen molar-refractivity contribution >= 4 is 5.57 Å². The average Bonchev–Trinajstić information content (AvgIpc) is 2.92.